The van der Waals surface area contributed by atoms with Crippen LogP contribution < -0.4 is 4.90 Å². The van der Waals surface area contributed by atoms with Gasteiger partial charge in [0.1, 0.15) is 9.84 Å². The number of nitrogens with zero attached hydrogens (tertiary/aromatic N) is 2. The summed E-state index contributed by atoms with van der Waals surface area (Å²) < 4.78 is 22.5. The van der Waals surface area contributed by atoms with Crippen molar-refractivity contribution in [2.24, 2.45) is 5.92 Å². The minimum Gasteiger partial charge on any atom is -0.502 e. The Morgan fingerprint density at radius 1 is 1.35 bits per heavy atom. The zero-order valence-electron chi connectivity index (χ0n) is 13.4. The lowest BCUT2D eigenvalue weighted by atomic mass is 9.93. The number of phenols is 1. The van der Waals surface area contributed by atoms with Gasteiger partial charge in [-0.25, -0.2) is 8.42 Å². The van der Waals surface area contributed by atoms with Gasteiger partial charge in [-0.05, 0) is 37.7 Å². The molecule has 8 heteroatoms. The smallest absolute Gasteiger partial charge is 0.311 e. The fourth-order valence-electron chi connectivity index (χ4n) is 3.00. The van der Waals surface area contributed by atoms with E-state index >= 15 is 0 Å². The highest BCUT2D eigenvalue weighted by molar-refractivity contribution is 7.90. The zero-order chi connectivity index (χ0) is 17.2. The van der Waals surface area contributed by atoms with Gasteiger partial charge in [-0.15, -0.1) is 0 Å². The highest BCUT2D eigenvalue weighted by Gasteiger charge is 2.24. The lowest BCUT2D eigenvalue weighted by molar-refractivity contribution is -0.385. The molecule has 23 heavy (non-hydrogen) atoms. The van der Waals surface area contributed by atoms with Gasteiger partial charge in [0.05, 0.1) is 10.7 Å². The van der Waals surface area contributed by atoms with Crippen LogP contribution in [-0.2, 0) is 9.84 Å². The summed E-state index contributed by atoms with van der Waals surface area (Å²) in [6.07, 6.45) is 3.70. The van der Waals surface area contributed by atoms with E-state index in [0.29, 0.717) is 12.3 Å². The summed E-state index contributed by atoms with van der Waals surface area (Å²) in [5.74, 6) is 0.275. The summed E-state index contributed by atoms with van der Waals surface area (Å²) >= 11 is 0. The molecule has 1 fully saturated rings. The first kappa shape index (κ1) is 17.5. The van der Waals surface area contributed by atoms with Crippen molar-refractivity contribution in [1.29, 1.82) is 0 Å². The Kier molecular flexibility index (Phi) is 5.13. The summed E-state index contributed by atoms with van der Waals surface area (Å²) in [7, 11) is -2.92. The number of nitro groups is 1. The van der Waals surface area contributed by atoms with Crippen molar-refractivity contribution in [3.8, 4) is 5.75 Å². The van der Waals surface area contributed by atoms with Crippen molar-refractivity contribution in [3.05, 3.63) is 27.8 Å². The number of nitro benzene ring substituents is 1. The van der Waals surface area contributed by atoms with Crippen LogP contribution in [0.4, 0.5) is 11.4 Å². The third-order valence-corrected chi connectivity index (χ3v) is 5.32. The second kappa shape index (κ2) is 6.74. The Hall–Kier alpha value is -1.83. The molecular formula is C15H22N2O5S. The van der Waals surface area contributed by atoms with Crippen LogP contribution in [0.5, 0.6) is 5.75 Å². The highest BCUT2D eigenvalue weighted by Crippen LogP contribution is 2.35. The maximum atomic E-state index is 11.2. The third kappa shape index (κ3) is 4.57. The first-order chi connectivity index (χ1) is 10.7. The molecule has 0 amide bonds. The van der Waals surface area contributed by atoms with Gasteiger partial charge in [0, 0.05) is 37.2 Å². The maximum absolute atomic E-state index is 11.2. The molecule has 0 aliphatic carbocycles. The second-order valence-electron chi connectivity index (χ2n) is 6.23. The lowest BCUT2D eigenvalue weighted by Crippen LogP contribution is -2.34. The molecule has 0 unspecified atom stereocenters. The van der Waals surface area contributed by atoms with Crippen LogP contribution in [0.3, 0.4) is 0 Å². The molecule has 0 spiro atoms. The minimum atomic E-state index is -2.92. The Labute approximate surface area is 136 Å². The highest BCUT2D eigenvalue weighted by atomic mass is 32.2. The van der Waals surface area contributed by atoms with Gasteiger partial charge in [0.2, 0.25) is 0 Å². The molecule has 0 atom stereocenters. The normalized spacial score (nSPS) is 16.5. The van der Waals surface area contributed by atoms with Gasteiger partial charge >= 0.3 is 5.69 Å². The minimum absolute atomic E-state index is 0.217. The van der Waals surface area contributed by atoms with E-state index in [2.05, 4.69) is 4.90 Å². The van der Waals surface area contributed by atoms with Gasteiger partial charge in [-0.3, -0.25) is 10.1 Å². The van der Waals surface area contributed by atoms with Crippen LogP contribution in [-0.4, -0.2) is 43.5 Å². The van der Waals surface area contributed by atoms with Crippen LogP contribution in [0.15, 0.2) is 12.1 Å². The van der Waals surface area contributed by atoms with E-state index in [1.807, 2.05) is 0 Å². The first-order valence-corrected chi connectivity index (χ1v) is 9.64. The topological polar surface area (TPSA) is 101 Å². The van der Waals surface area contributed by atoms with E-state index in [0.717, 1.165) is 37.2 Å². The summed E-state index contributed by atoms with van der Waals surface area (Å²) in [4.78, 5) is 12.3. The van der Waals surface area contributed by atoms with E-state index in [4.69, 9.17) is 0 Å². The van der Waals surface area contributed by atoms with E-state index in [9.17, 15) is 23.6 Å². The summed E-state index contributed by atoms with van der Waals surface area (Å²) in [5.41, 5.74) is 1.27. The molecule has 2 rings (SSSR count). The fraction of sp³-hybridized carbons (Fsp3) is 0.600. The van der Waals surface area contributed by atoms with Crippen molar-refractivity contribution in [2.45, 2.75) is 26.2 Å². The molecule has 1 N–H and O–H groups in total. The largest absolute Gasteiger partial charge is 0.502 e. The lowest BCUT2D eigenvalue weighted by Gasteiger charge is -2.34. The SMILES string of the molecule is Cc1cc([N+](=O)[O-])c(O)cc1N1CCC(CCS(C)(=O)=O)CC1. The molecular weight excluding hydrogens is 320 g/mol. The Morgan fingerprint density at radius 2 is 1.96 bits per heavy atom. The summed E-state index contributed by atoms with van der Waals surface area (Å²) in [6, 6.07) is 2.84. The summed E-state index contributed by atoms with van der Waals surface area (Å²) in [5, 5.41) is 20.6. The van der Waals surface area contributed by atoms with Crippen molar-refractivity contribution in [1.82, 2.24) is 0 Å². The molecule has 1 aromatic rings. The molecule has 1 saturated heterocycles. The molecule has 1 aliphatic heterocycles. The molecule has 1 aliphatic rings. The number of hydrogen-bond donors (Lipinski definition) is 1. The Balaban J connectivity index is 2.03. The van der Waals surface area contributed by atoms with Gasteiger partial charge in [0.15, 0.2) is 5.75 Å². The van der Waals surface area contributed by atoms with Crippen molar-refractivity contribution >= 4 is 21.2 Å². The standard InChI is InChI=1S/C15H22N2O5S/c1-11-9-14(17(19)20)15(18)10-13(11)16-6-3-12(4-7-16)5-8-23(2,21)22/h9-10,12,18H,3-8H2,1-2H3. The van der Waals surface area contributed by atoms with E-state index in [1.165, 1.54) is 18.4 Å². The average Bonchev–Trinajstić information content (AvgIpc) is 2.47. The van der Waals surface area contributed by atoms with Gasteiger partial charge in [-0.2, -0.15) is 0 Å². The molecule has 0 saturated carbocycles. The number of aromatic hydroxyl groups is 1. The Bertz CT molecular complexity index is 694. The predicted molar refractivity (Wildman–Crippen MR) is 88.8 cm³/mol. The second-order valence-corrected chi connectivity index (χ2v) is 8.49. The number of phenolic OH excluding ortho intramolecular Hbond substituents is 1. The number of anilines is 1. The molecule has 0 aromatic heterocycles. The van der Waals surface area contributed by atoms with E-state index in [-0.39, 0.29) is 17.2 Å². The quantitative estimate of drug-likeness (QED) is 0.650. The predicted octanol–water partition coefficient (Wildman–Crippen LogP) is 2.26. The number of benzene rings is 1. The van der Waals surface area contributed by atoms with E-state index in [1.54, 1.807) is 6.92 Å². The molecule has 1 heterocycles. The van der Waals surface area contributed by atoms with Crippen molar-refractivity contribution in [3.63, 3.8) is 0 Å². The third-order valence-electron chi connectivity index (χ3n) is 4.34. The molecule has 0 bridgehead atoms. The monoisotopic (exact) mass is 342 g/mol. The van der Waals surface area contributed by atoms with Crippen LogP contribution in [0.2, 0.25) is 0 Å². The van der Waals surface area contributed by atoms with Gasteiger partial charge in [-0.1, -0.05) is 0 Å². The number of hydrogen-bond acceptors (Lipinski definition) is 6. The van der Waals surface area contributed by atoms with Crippen molar-refractivity contribution < 1.29 is 18.4 Å². The Morgan fingerprint density at radius 3 is 2.48 bits per heavy atom. The molecule has 1 aromatic carbocycles. The van der Waals surface area contributed by atoms with Crippen LogP contribution in [0, 0.1) is 23.0 Å². The average molecular weight is 342 g/mol. The van der Waals surface area contributed by atoms with E-state index < -0.39 is 14.8 Å². The van der Waals surface area contributed by atoms with Gasteiger partial charge in [0.25, 0.3) is 0 Å². The molecule has 0 radical (unpaired) electrons. The zero-order valence-corrected chi connectivity index (χ0v) is 14.2. The molecule has 7 nitrogen and oxygen atoms in total. The number of aryl methyl sites for hydroxylation is 1. The summed E-state index contributed by atoms with van der Waals surface area (Å²) in [6.45, 7) is 3.30. The fourth-order valence-corrected chi connectivity index (χ4v) is 3.76. The van der Waals surface area contributed by atoms with Crippen LogP contribution in [0.1, 0.15) is 24.8 Å². The van der Waals surface area contributed by atoms with Crippen LogP contribution in [0.25, 0.3) is 0 Å². The van der Waals surface area contributed by atoms with Crippen molar-refractivity contribution in [2.75, 3.05) is 30.0 Å². The van der Waals surface area contributed by atoms with Crippen LogP contribution >= 0.6 is 0 Å². The maximum Gasteiger partial charge on any atom is 0.311 e. The number of piperidine rings is 1. The molecule has 128 valence electrons. The first-order valence-electron chi connectivity index (χ1n) is 7.58. The number of sulfone groups is 1. The number of rotatable bonds is 5. The van der Waals surface area contributed by atoms with Gasteiger partial charge < -0.3 is 10.0 Å².